The summed E-state index contributed by atoms with van der Waals surface area (Å²) >= 11 is 1.44. The molecule has 0 unspecified atom stereocenters. The van der Waals surface area contributed by atoms with Gasteiger partial charge in [-0.15, -0.1) is 10.2 Å². The van der Waals surface area contributed by atoms with Crippen LogP contribution in [-0.2, 0) is 0 Å². The van der Waals surface area contributed by atoms with Gasteiger partial charge >= 0.3 is 0 Å². The zero-order valence-corrected chi connectivity index (χ0v) is 9.86. The van der Waals surface area contributed by atoms with Crippen LogP contribution in [0.2, 0.25) is 0 Å². The Balaban J connectivity index is 2.49. The largest absolute Gasteiger partial charge is 0.479 e. The van der Waals surface area contributed by atoms with Crippen molar-refractivity contribution in [2.24, 2.45) is 0 Å². The van der Waals surface area contributed by atoms with E-state index >= 15 is 0 Å². The Morgan fingerprint density at radius 2 is 1.88 bits per heavy atom. The molecule has 1 aromatic carbocycles. The Morgan fingerprint density at radius 3 is 2.50 bits per heavy atom. The maximum Gasteiger partial charge on any atom is 0.244 e. The van der Waals surface area contributed by atoms with Gasteiger partial charge < -0.3 is 4.74 Å². The molecule has 0 amide bonds. The molecule has 2 aromatic rings. The third-order valence-electron chi connectivity index (χ3n) is 2.06. The fourth-order valence-electron chi connectivity index (χ4n) is 1.30. The van der Waals surface area contributed by atoms with E-state index < -0.39 is 0 Å². The summed E-state index contributed by atoms with van der Waals surface area (Å²) < 4.78 is 5.22. The molecule has 0 N–H and O–H groups in total. The number of ether oxygens (including phenoxy) is 1. The van der Waals surface area contributed by atoms with Gasteiger partial charge in [-0.05, 0) is 6.26 Å². The topological polar surface area (TPSA) is 47.9 Å². The first kappa shape index (κ1) is 10.9. The van der Waals surface area contributed by atoms with Gasteiger partial charge in [0.15, 0.2) is 5.69 Å². The fraction of sp³-hybridized carbons (Fsp3) is 0.182. The Morgan fingerprint density at radius 1 is 1.12 bits per heavy atom. The van der Waals surface area contributed by atoms with Crippen LogP contribution in [-0.4, -0.2) is 28.5 Å². The van der Waals surface area contributed by atoms with E-state index in [1.807, 2.05) is 36.6 Å². The highest BCUT2D eigenvalue weighted by Crippen LogP contribution is 2.25. The van der Waals surface area contributed by atoms with Crippen molar-refractivity contribution in [3.8, 4) is 17.1 Å². The second-order valence-electron chi connectivity index (χ2n) is 3.02. The van der Waals surface area contributed by atoms with Gasteiger partial charge in [0, 0.05) is 5.56 Å². The number of hydrogen-bond acceptors (Lipinski definition) is 5. The molecule has 4 nitrogen and oxygen atoms in total. The van der Waals surface area contributed by atoms with E-state index in [1.54, 1.807) is 7.11 Å². The van der Waals surface area contributed by atoms with E-state index in [-0.39, 0.29) is 0 Å². The maximum absolute atomic E-state index is 5.22. The van der Waals surface area contributed by atoms with E-state index in [4.69, 9.17) is 4.74 Å². The quantitative estimate of drug-likeness (QED) is 0.761. The average molecular weight is 233 g/mol. The summed E-state index contributed by atoms with van der Waals surface area (Å²) in [5, 5.41) is 8.74. The number of aromatic nitrogens is 3. The second-order valence-corrected chi connectivity index (χ2v) is 3.80. The van der Waals surface area contributed by atoms with Crippen molar-refractivity contribution in [1.29, 1.82) is 0 Å². The summed E-state index contributed by atoms with van der Waals surface area (Å²) in [4.78, 5) is 4.25. The van der Waals surface area contributed by atoms with Crippen LogP contribution in [0.5, 0.6) is 5.88 Å². The molecule has 0 atom stereocenters. The summed E-state index contributed by atoms with van der Waals surface area (Å²) in [6, 6.07) is 9.74. The predicted molar refractivity (Wildman–Crippen MR) is 63.6 cm³/mol. The molecular formula is C11H11N3OS. The van der Waals surface area contributed by atoms with Crippen LogP contribution in [0.3, 0.4) is 0 Å². The van der Waals surface area contributed by atoms with E-state index in [0.717, 1.165) is 5.56 Å². The molecule has 0 aliphatic rings. The molecule has 0 fully saturated rings. The molecule has 0 bridgehead atoms. The molecule has 0 saturated carbocycles. The van der Waals surface area contributed by atoms with Crippen molar-refractivity contribution >= 4 is 11.8 Å². The normalized spacial score (nSPS) is 10.1. The van der Waals surface area contributed by atoms with Gasteiger partial charge in [-0.2, -0.15) is 4.98 Å². The van der Waals surface area contributed by atoms with Crippen LogP contribution in [0, 0.1) is 0 Å². The van der Waals surface area contributed by atoms with Gasteiger partial charge in [0.2, 0.25) is 11.0 Å². The highest BCUT2D eigenvalue weighted by Gasteiger charge is 2.10. The zero-order chi connectivity index (χ0) is 11.4. The molecule has 5 heteroatoms. The number of hydrogen-bond donors (Lipinski definition) is 0. The first-order chi connectivity index (χ1) is 7.85. The Hall–Kier alpha value is -1.62. The molecule has 1 heterocycles. The highest BCUT2D eigenvalue weighted by molar-refractivity contribution is 7.98. The molecule has 0 aliphatic carbocycles. The summed E-state index contributed by atoms with van der Waals surface area (Å²) in [6.45, 7) is 0. The van der Waals surface area contributed by atoms with Gasteiger partial charge in [-0.3, -0.25) is 0 Å². The predicted octanol–water partition coefficient (Wildman–Crippen LogP) is 2.27. The van der Waals surface area contributed by atoms with Gasteiger partial charge in [0.05, 0.1) is 7.11 Å². The van der Waals surface area contributed by atoms with Gasteiger partial charge in [0.25, 0.3) is 0 Å². The van der Waals surface area contributed by atoms with Gasteiger partial charge in [-0.25, -0.2) is 0 Å². The van der Waals surface area contributed by atoms with Crippen molar-refractivity contribution < 1.29 is 4.74 Å². The minimum atomic E-state index is 0.505. The molecule has 1 aromatic heterocycles. The standard InChI is InChI=1S/C11H11N3OS/c1-15-10-9(8-6-4-3-5-7-8)13-14-11(12-10)16-2/h3-7H,1-2H3. The van der Waals surface area contributed by atoms with Crippen LogP contribution in [0.15, 0.2) is 35.5 Å². The average Bonchev–Trinajstić information content (AvgIpc) is 2.39. The first-order valence-corrected chi connectivity index (χ1v) is 5.95. The second kappa shape index (κ2) is 4.94. The van der Waals surface area contributed by atoms with E-state index in [2.05, 4.69) is 15.2 Å². The fourth-order valence-corrected chi connectivity index (χ4v) is 1.60. The summed E-state index contributed by atoms with van der Waals surface area (Å²) in [7, 11) is 1.58. The van der Waals surface area contributed by atoms with Crippen molar-refractivity contribution in [2.45, 2.75) is 5.16 Å². The molecule has 82 valence electrons. The van der Waals surface area contributed by atoms with E-state index in [9.17, 15) is 0 Å². The SMILES string of the molecule is COc1nc(SC)nnc1-c1ccccc1. The maximum atomic E-state index is 5.22. The van der Waals surface area contributed by atoms with E-state index in [0.29, 0.717) is 16.7 Å². The molecule has 16 heavy (non-hydrogen) atoms. The van der Waals surface area contributed by atoms with Crippen LogP contribution in [0.4, 0.5) is 0 Å². The molecule has 0 aliphatic heterocycles. The van der Waals surface area contributed by atoms with Gasteiger partial charge in [-0.1, -0.05) is 42.1 Å². The third kappa shape index (κ3) is 2.14. The molecule has 0 saturated heterocycles. The summed E-state index contributed by atoms with van der Waals surface area (Å²) in [5.74, 6) is 0.505. The van der Waals surface area contributed by atoms with Crippen molar-refractivity contribution in [3.63, 3.8) is 0 Å². The van der Waals surface area contributed by atoms with Crippen molar-refractivity contribution in [1.82, 2.24) is 15.2 Å². The molecule has 2 rings (SSSR count). The monoisotopic (exact) mass is 233 g/mol. The molecule has 0 spiro atoms. The molecule has 0 radical (unpaired) electrons. The lowest BCUT2D eigenvalue weighted by Crippen LogP contribution is -1.99. The van der Waals surface area contributed by atoms with Crippen molar-refractivity contribution in [2.75, 3.05) is 13.4 Å². The van der Waals surface area contributed by atoms with Crippen LogP contribution in [0.25, 0.3) is 11.3 Å². The Labute approximate surface area is 98.1 Å². The first-order valence-electron chi connectivity index (χ1n) is 4.73. The lowest BCUT2D eigenvalue weighted by atomic mass is 10.2. The zero-order valence-electron chi connectivity index (χ0n) is 9.04. The number of methoxy groups -OCH3 is 1. The number of thioether (sulfide) groups is 1. The Kier molecular flexibility index (Phi) is 3.36. The minimum Gasteiger partial charge on any atom is -0.479 e. The smallest absolute Gasteiger partial charge is 0.244 e. The lowest BCUT2D eigenvalue weighted by Gasteiger charge is -2.06. The molecular weight excluding hydrogens is 222 g/mol. The third-order valence-corrected chi connectivity index (χ3v) is 2.60. The van der Waals surface area contributed by atoms with Crippen LogP contribution in [0.1, 0.15) is 0 Å². The highest BCUT2D eigenvalue weighted by atomic mass is 32.2. The Bertz CT molecular complexity index is 476. The number of nitrogens with zero attached hydrogens (tertiary/aromatic N) is 3. The van der Waals surface area contributed by atoms with E-state index in [1.165, 1.54) is 11.8 Å². The van der Waals surface area contributed by atoms with Crippen molar-refractivity contribution in [3.05, 3.63) is 30.3 Å². The number of rotatable bonds is 3. The summed E-state index contributed by atoms with van der Waals surface area (Å²) in [5.41, 5.74) is 1.62. The lowest BCUT2D eigenvalue weighted by molar-refractivity contribution is 0.390. The number of benzene rings is 1. The minimum absolute atomic E-state index is 0.505. The van der Waals surface area contributed by atoms with Gasteiger partial charge in [0.1, 0.15) is 0 Å². The summed E-state index contributed by atoms with van der Waals surface area (Å²) in [6.07, 6.45) is 1.90. The van der Waals surface area contributed by atoms with Crippen LogP contribution >= 0.6 is 11.8 Å². The van der Waals surface area contributed by atoms with Crippen LogP contribution < -0.4 is 4.74 Å².